The minimum absolute atomic E-state index is 0.0111. The first-order valence-corrected chi connectivity index (χ1v) is 11.1. The van der Waals surface area contributed by atoms with Gasteiger partial charge >= 0.3 is 6.09 Å². The number of nitrogens with one attached hydrogen (secondary N) is 2. The summed E-state index contributed by atoms with van der Waals surface area (Å²) < 4.78 is 31.6. The number of carbonyl (C=O) groups is 2. The van der Waals surface area contributed by atoms with Crippen molar-refractivity contribution in [1.29, 1.82) is 0 Å². The number of rotatable bonds is 8. The molecule has 0 aromatic rings. The van der Waals surface area contributed by atoms with Gasteiger partial charge in [0.1, 0.15) is 17.4 Å². The maximum atomic E-state index is 13.6. The number of ether oxygens (including phenoxy) is 1. The number of piperazine rings is 2. The predicted molar refractivity (Wildman–Crippen MR) is 120 cm³/mol. The molecule has 188 valence electrons. The molecule has 0 aromatic heterocycles. The standard InChI is InChI=1S/C13H24FN3O4.C8H17FN2/c1-13(2,14)9-16-4-6-17(7-5-16)11(18)10(8-21-3)15-12(19)20;1-8(2,9)7-11-5-3-10-4-6-11/h10,15H,4-9H2,1-3H3,(H,19,20);10H,3-7H2,1-2H3. The molecule has 1 atom stereocenters. The number of alkyl halides is 2. The Morgan fingerprint density at radius 1 is 0.969 bits per heavy atom. The van der Waals surface area contributed by atoms with Crippen LogP contribution in [0.4, 0.5) is 13.6 Å². The van der Waals surface area contributed by atoms with Crippen LogP contribution in [0.1, 0.15) is 27.7 Å². The van der Waals surface area contributed by atoms with E-state index in [1.807, 2.05) is 4.90 Å². The molecule has 2 rings (SSSR count). The molecule has 0 saturated carbocycles. The molecule has 0 bridgehead atoms. The number of halogens is 2. The smallest absolute Gasteiger partial charge is 0.405 e. The van der Waals surface area contributed by atoms with Crippen molar-refractivity contribution in [1.82, 2.24) is 25.3 Å². The zero-order valence-electron chi connectivity index (χ0n) is 20.1. The number of methoxy groups -OCH3 is 1. The quantitative estimate of drug-likeness (QED) is 0.488. The van der Waals surface area contributed by atoms with Gasteiger partial charge in [0.2, 0.25) is 5.91 Å². The van der Waals surface area contributed by atoms with Crippen molar-refractivity contribution in [3.05, 3.63) is 0 Å². The SMILES string of the molecule is CC(C)(F)CN1CCNCC1.COCC(NC(=O)O)C(=O)N1CCN(CC(C)(C)F)CC1. The fraction of sp³-hybridized carbons (Fsp3) is 0.905. The first-order chi connectivity index (χ1) is 14.8. The van der Waals surface area contributed by atoms with Crippen LogP contribution in [0.25, 0.3) is 0 Å². The fourth-order valence-electron chi connectivity index (χ4n) is 3.77. The fourth-order valence-corrected chi connectivity index (χ4v) is 3.77. The van der Waals surface area contributed by atoms with Gasteiger partial charge in [-0.3, -0.25) is 14.6 Å². The molecule has 11 heteroatoms. The van der Waals surface area contributed by atoms with Crippen molar-refractivity contribution >= 4 is 12.0 Å². The average molecular weight is 466 g/mol. The second kappa shape index (κ2) is 13.2. The summed E-state index contributed by atoms with van der Waals surface area (Å²) in [7, 11) is 1.41. The van der Waals surface area contributed by atoms with E-state index in [1.54, 1.807) is 18.7 Å². The highest BCUT2D eigenvalue weighted by Gasteiger charge is 2.30. The van der Waals surface area contributed by atoms with Crippen LogP contribution in [0.5, 0.6) is 0 Å². The molecular formula is C21H41F2N5O4. The highest BCUT2D eigenvalue weighted by molar-refractivity contribution is 5.85. The van der Waals surface area contributed by atoms with Gasteiger partial charge in [0.05, 0.1) is 6.61 Å². The zero-order valence-corrected chi connectivity index (χ0v) is 20.1. The highest BCUT2D eigenvalue weighted by Crippen LogP contribution is 2.13. The topological polar surface area (TPSA) is 97.4 Å². The molecule has 32 heavy (non-hydrogen) atoms. The van der Waals surface area contributed by atoms with Crippen LogP contribution in [0, 0.1) is 0 Å². The Labute approximate surface area is 190 Å². The molecule has 0 aromatic carbocycles. The lowest BCUT2D eigenvalue weighted by atomic mass is 10.1. The minimum Gasteiger partial charge on any atom is -0.465 e. The number of hydrogen-bond acceptors (Lipinski definition) is 6. The van der Waals surface area contributed by atoms with E-state index in [1.165, 1.54) is 21.0 Å². The summed E-state index contributed by atoms with van der Waals surface area (Å²) in [4.78, 5) is 28.6. The molecule has 9 nitrogen and oxygen atoms in total. The number of carboxylic acid groups (broad SMARTS) is 1. The third-order valence-corrected chi connectivity index (χ3v) is 5.02. The van der Waals surface area contributed by atoms with E-state index in [9.17, 15) is 18.4 Å². The Hall–Kier alpha value is -1.56. The van der Waals surface area contributed by atoms with Gasteiger partial charge in [0, 0.05) is 72.6 Å². The molecule has 2 heterocycles. The molecule has 1 unspecified atom stereocenters. The van der Waals surface area contributed by atoms with Gasteiger partial charge in [-0.15, -0.1) is 0 Å². The molecule has 2 aliphatic heterocycles. The molecule has 0 aliphatic carbocycles. The molecule has 0 spiro atoms. The molecule has 2 aliphatic rings. The third-order valence-electron chi connectivity index (χ3n) is 5.02. The number of hydrogen-bond donors (Lipinski definition) is 3. The second-order valence-electron chi connectivity index (χ2n) is 9.52. The van der Waals surface area contributed by atoms with Gasteiger partial charge in [-0.25, -0.2) is 13.6 Å². The van der Waals surface area contributed by atoms with Gasteiger partial charge in [-0.1, -0.05) is 0 Å². The number of nitrogens with zero attached hydrogens (tertiary/aromatic N) is 3. The molecular weight excluding hydrogens is 424 g/mol. The molecule has 2 amide bonds. The summed E-state index contributed by atoms with van der Waals surface area (Å²) in [6, 6.07) is -0.906. The largest absolute Gasteiger partial charge is 0.465 e. The van der Waals surface area contributed by atoms with Gasteiger partial charge in [-0.05, 0) is 27.7 Å². The van der Waals surface area contributed by atoms with Gasteiger partial charge < -0.3 is 25.4 Å². The Morgan fingerprint density at radius 3 is 1.84 bits per heavy atom. The summed E-state index contributed by atoms with van der Waals surface area (Å²) in [6.07, 6.45) is -1.26. The van der Waals surface area contributed by atoms with E-state index in [4.69, 9.17) is 9.84 Å². The normalized spacial score (nSPS) is 19.7. The Kier molecular flexibility index (Phi) is 11.8. The van der Waals surface area contributed by atoms with Crippen molar-refractivity contribution in [3.8, 4) is 0 Å². The summed E-state index contributed by atoms with van der Waals surface area (Å²) in [5, 5.41) is 14.1. The third kappa shape index (κ3) is 12.5. The lowest BCUT2D eigenvalue weighted by molar-refractivity contribution is -0.136. The maximum absolute atomic E-state index is 13.6. The van der Waals surface area contributed by atoms with Crippen LogP contribution in [0.3, 0.4) is 0 Å². The van der Waals surface area contributed by atoms with Crippen LogP contribution in [0.15, 0.2) is 0 Å². The molecule has 2 saturated heterocycles. The minimum atomic E-state index is -1.27. The van der Waals surface area contributed by atoms with Crippen LogP contribution < -0.4 is 10.6 Å². The summed E-state index contributed by atoms with van der Waals surface area (Å²) in [5.74, 6) is -0.307. The van der Waals surface area contributed by atoms with E-state index in [-0.39, 0.29) is 12.5 Å². The van der Waals surface area contributed by atoms with E-state index >= 15 is 0 Å². The van der Waals surface area contributed by atoms with E-state index < -0.39 is 23.5 Å². The van der Waals surface area contributed by atoms with Crippen molar-refractivity contribution in [2.75, 3.05) is 79.2 Å². The van der Waals surface area contributed by atoms with Gasteiger partial charge in [0.15, 0.2) is 0 Å². The summed E-state index contributed by atoms with van der Waals surface area (Å²) >= 11 is 0. The van der Waals surface area contributed by atoms with Crippen molar-refractivity contribution < 1.29 is 28.2 Å². The van der Waals surface area contributed by atoms with Crippen molar-refractivity contribution in [2.45, 2.75) is 45.1 Å². The van der Waals surface area contributed by atoms with E-state index in [0.717, 1.165) is 26.2 Å². The summed E-state index contributed by atoms with van der Waals surface area (Å²) in [5.41, 5.74) is -2.31. The van der Waals surface area contributed by atoms with Gasteiger partial charge in [-0.2, -0.15) is 0 Å². The molecule has 3 N–H and O–H groups in total. The van der Waals surface area contributed by atoms with Crippen molar-refractivity contribution in [2.24, 2.45) is 0 Å². The predicted octanol–water partition coefficient (Wildman–Crippen LogP) is 0.801. The van der Waals surface area contributed by atoms with Gasteiger partial charge in [0.25, 0.3) is 0 Å². The highest BCUT2D eigenvalue weighted by atomic mass is 19.1. The van der Waals surface area contributed by atoms with Crippen molar-refractivity contribution in [3.63, 3.8) is 0 Å². The first-order valence-electron chi connectivity index (χ1n) is 11.1. The second-order valence-corrected chi connectivity index (χ2v) is 9.52. The lowest BCUT2D eigenvalue weighted by Crippen LogP contribution is -2.57. The van der Waals surface area contributed by atoms with E-state index in [0.29, 0.717) is 39.3 Å². The Balaban J connectivity index is 0.000000389. The summed E-state index contributed by atoms with van der Waals surface area (Å²) in [6.45, 7) is 13.2. The van der Waals surface area contributed by atoms with Crippen LogP contribution in [0.2, 0.25) is 0 Å². The van der Waals surface area contributed by atoms with Crippen LogP contribution >= 0.6 is 0 Å². The zero-order chi connectivity index (χ0) is 24.4. The Morgan fingerprint density at radius 2 is 1.44 bits per heavy atom. The van der Waals surface area contributed by atoms with Crippen LogP contribution in [-0.4, -0.2) is 128 Å². The average Bonchev–Trinajstić information content (AvgIpc) is 2.66. The van der Waals surface area contributed by atoms with E-state index in [2.05, 4.69) is 15.5 Å². The Bertz CT molecular complexity index is 570. The maximum Gasteiger partial charge on any atom is 0.405 e. The monoisotopic (exact) mass is 465 g/mol. The molecule has 2 fully saturated rings. The number of amides is 2. The first kappa shape index (κ1) is 28.5. The van der Waals surface area contributed by atoms with Crippen LogP contribution in [-0.2, 0) is 9.53 Å². The molecule has 0 radical (unpaired) electrons. The number of carbonyl (C=O) groups excluding carboxylic acids is 1. The lowest BCUT2D eigenvalue weighted by Gasteiger charge is -2.37.